The molecule has 4 heteroatoms. The number of hydrogen-bond acceptors (Lipinski definition) is 4. The van der Waals surface area contributed by atoms with E-state index in [1.807, 2.05) is 19.1 Å². The molecule has 0 aromatic carbocycles. The number of nitriles is 2. The minimum absolute atomic E-state index is 0.0981. The van der Waals surface area contributed by atoms with E-state index in [0.29, 0.717) is 18.4 Å². The molecule has 0 radical (unpaired) electrons. The Morgan fingerprint density at radius 2 is 2.33 bits per heavy atom. The van der Waals surface area contributed by atoms with E-state index >= 15 is 0 Å². The smallest absolute Gasteiger partial charge is 0.200 e. The Morgan fingerprint density at radius 3 is 2.58 bits per heavy atom. The second-order valence-corrected chi connectivity index (χ2v) is 2.69. The molecular formula is C8H9N3O. The predicted molar refractivity (Wildman–Crippen MR) is 41.2 cm³/mol. The van der Waals surface area contributed by atoms with Gasteiger partial charge in [0.2, 0.25) is 5.60 Å². The van der Waals surface area contributed by atoms with Gasteiger partial charge in [0.1, 0.15) is 12.1 Å². The summed E-state index contributed by atoms with van der Waals surface area (Å²) in [5.74, 6) is 0.0981. The van der Waals surface area contributed by atoms with Gasteiger partial charge in [-0.3, -0.25) is 0 Å². The molecule has 4 nitrogen and oxygen atoms in total. The van der Waals surface area contributed by atoms with Crippen LogP contribution in [0.1, 0.15) is 19.8 Å². The van der Waals surface area contributed by atoms with E-state index in [1.54, 1.807) is 0 Å². The standard InChI is InChI=1S/C8H9N3O/c1-2-8(5-10)3-6(4-9)7(11)12-8/h2-3,11H2,1H3. The Morgan fingerprint density at radius 1 is 1.67 bits per heavy atom. The van der Waals surface area contributed by atoms with E-state index < -0.39 is 5.60 Å². The van der Waals surface area contributed by atoms with E-state index in [2.05, 4.69) is 0 Å². The molecule has 1 rings (SSSR count). The van der Waals surface area contributed by atoms with E-state index in [9.17, 15) is 0 Å². The van der Waals surface area contributed by atoms with Gasteiger partial charge in [-0.05, 0) is 6.42 Å². The van der Waals surface area contributed by atoms with Gasteiger partial charge in [-0.1, -0.05) is 6.92 Å². The van der Waals surface area contributed by atoms with Crippen LogP contribution < -0.4 is 5.73 Å². The summed E-state index contributed by atoms with van der Waals surface area (Å²) < 4.78 is 5.12. The molecular weight excluding hydrogens is 154 g/mol. The van der Waals surface area contributed by atoms with Crippen LogP contribution in [0.15, 0.2) is 11.5 Å². The van der Waals surface area contributed by atoms with E-state index in [0.717, 1.165) is 0 Å². The van der Waals surface area contributed by atoms with Crippen LogP contribution >= 0.6 is 0 Å². The van der Waals surface area contributed by atoms with Gasteiger partial charge < -0.3 is 10.5 Å². The summed E-state index contributed by atoms with van der Waals surface area (Å²) in [6.07, 6.45) is 0.845. The highest BCUT2D eigenvalue weighted by molar-refractivity contribution is 5.32. The minimum atomic E-state index is -0.894. The van der Waals surface area contributed by atoms with E-state index in [1.165, 1.54) is 0 Å². The minimum Gasteiger partial charge on any atom is -0.456 e. The Balaban J connectivity index is 2.89. The maximum absolute atomic E-state index is 8.78. The maximum atomic E-state index is 8.78. The second kappa shape index (κ2) is 2.75. The highest BCUT2D eigenvalue weighted by Gasteiger charge is 2.39. The van der Waals surface area contributed by atoms with Gasteiger partial charge in [-0.2, -0.15) is 10.5 Å². The van der Waals surface area contributed by atoms with Crippen molar-refractivity contribution in [3.8, 4) is 12.1 Å². The van der Waals surface area contributed by atoms with E-state index in [-0.39, 0.29) is 5.88 Å². The molecule has 12 heavy (non-hydrogen) atoms. The number of nitrogens with two attached hydrogens (primary N) is 1. The van der Waals surface area contributed by atoms with Gasteiger partial charge in [0, 0.05) is 6.42 Å². The van der Waals surface area contributed by atoms with Crippen LogP contribution in [0.4, 0.5) is 0 Å². The first-order valence-electron chi connectivity index (χ1n) is 3.66. The summed E-state index contributed by atoms with van der Waals surface area (Å²) in [5, 5.41) is 17.4. The number of rotatable bonds is 1. The van der Waals surface area contributed by atoms with Crippen LogP contribution in [0.3, 0.4) is 0 Å². The molecule has 2 N–H and O–H groups in total. The van der Waals surface area contributed by atoms with Gasteiger partial charge in [0.25, 0.3) is 0 Å². The summed E-state index contributed by atoms with van der Waals surface area (Å²) in [4.78, 5) is 0. The molecule has 1 aliphatic rings. The van der Waals surface area contributed by atoms with Crippen molar-refractivity contribution < 1.29 is 4.74 Å². The van der Waals surface area contributed by atoms with Gasteiger partial charge in [0.05, 0.1) is 5.57 Å². The van der Waals surface area contributed by atoms with Gasteiger partial charge in [-0.25, -0.2) is 0 Å². The highest BCUT2D eigenvalue weighted by atomic mass is 16.5. The predicted octanol–water partition coefficient (Wildman–Crippen LogP) is 0.773. The molecule has 0 aromatic heterocycles. The largest absolute Gasteiger partial charge is 0.456 e. The van der Waals surface area contributed by atoms with Crippen molar-refractivity contribution in [1.82, 2.24) is 0 Å². The van der Waals surface area contributed by atoms with Crippen molar-refractivity contribution in [3.63, 3.8) is 0 Å². The summed E-state index contributed by atoms with van der Waals surface area (Å²) in [6, 6.07) is 3.94. The van der Waals surface area contributed by atoms with E-state index in [4.69, 9.17) is 21.0 Å². The van der Waals surface area contributed by atoms with Crippen molar-refractivity contribution in [2.24, 2.45) is 5.73 Å². The van der Waals surface area contributed by atoms with Crippen LogP contribution in [-0.2, 0) is 4.74 Å². The molecule has 0 aliphatic carbocycles. The van der Waals surface area contributed by atoms with Crippen molar-refractivity contribution in [3.05, 3.63) is 11.5 Å². The normalized spacial score (nSPS) is 27.6. The van der Waals surface area contributed by atoms with Gasteiger partial charge in [0.15, 0.2) is 5.88 Å². The molecule has 0 spiro atoms. The molecule has 1 aliphatic heterocycles. The third-order valence-corrected chi connectivity index (χ3v) is 1.97. The summed E-state index contributed by atoms with van der Waals surface area (Å²) in [5.41, 5.74) is 4.88. The summed E-state index contributed by atoms with van der Waals surface area (Å²) >= 11 is 0. The Labute approximate surface area is 70.8 Å². The zero-order valence-electron chi connectivity index (χ0n) is 6.79. The first-order chi connectivity index (χ1) is 5.67. The molecule has 1 unspecified atom stereocenters. The molecule has 62 valence electrons. The fraction of sp³-hybridized carbons (Fsp3) is 0.500. The Hall–Kier alpha value is -1.68. The van der Waals surface area contributed by atoms with Crippen molar-refractivity contribution in [1.29, 1.82) is 10.5 Å². The van der Waals surface area contributed by atoms with Crippen LogP contribution in [-0.4, -0.2) is 5.60 Å². The maximum Gasteiger partial charge on any atom is 0.200 e. The quantitative estimate of drug-likeness (QED) is 0.619. The number of hydrogen-bond donors (Lipinski definition) is 1. The fourth-order valence-electron chi connectivity index (χ4n) is 1.11. The molecule has 0 saturated carbocycles. The fourth-order valence-corrected chi connectivity index (χ4v) is 1.11. The molecule has 1 heterocycles. The molecule has 0 saturated heterocycles. The SMILES string of the molecule is CCC1(C#N)CC(C#N)=C(N)O1. The molecule has 0 bridgehead atoms. The van der Waals surface area contributed by atoms with Crippen molar-refractivity contribution >= 4 is 0 Å². The van der Waals surface area contributed by atoms with Crippen LogP contribution in [0.2, 0.25) is 0 Å². The van der Waals surface area contributed by atoms with Crippen LogP contribution in [0.5, 0.6) is 0 Å². The lowest BCUT2D eigenvalue weighted by Crippen LogP contribution is -2.25. The van der Waals surface area contributed by atoms with Crippen LogP contribution in [0.25, 0.3) is 0 Å². The zero-order chi connectivity index (χ0) is 9.19. The molecule has 0 fully saturated rings. The molecule has 1 atom stereocenters. The third kappa shape index (κ3) is 1.08. The first kappa shape index (κ1) is 8.42. The highest BCUT2D eigenvalue weighted by Crippen LogP contribution is 2.33. The average Bonchev–Trinajstić information content (AvgIpc) is 2.43. The third-order valence-electron chi connectivity index (χ3n) is 1.97. The monoisotopic (exact) mass is 163 g/mol. The number of ether oxygens (including phenoxy) is 1. The van der Waals surface area contributed by atoms with Crippen molar-refractivity contribution in [2.45, 2.75) is 25.4 Å². The Kier molecular flexibility index (Phi) is 1.93. The Bertz CT molecular complexity index is 307. The zero-order valence-corrected chi connectivity index (χ0v) is 6.79. The summed E-state index contributed by atoms with van der Waals surface area (Å²) in [7, 11) is 0. The van der Waals surface area contributed by atoms with Gasteiger partial charge in [-0.15, -0.1) is 0 Å². The first-order valence-corrected chi connectivity index (χ1v) is 3.66. The molecule has 0 amide bonds. The molecule has 0 aromatic rings. The lowest BCUT2D eigenvalue weighted by molar-refractivity contribution is 0.0729. The number of nitrogens with zero attached hydrogens (tertiary/aromatic N) is 2. The van der Waals surface area contributed by atoms with Crippen molar-refractivity contribution in [2.75, 3.05) is 0 Å². The summed E-state index contributed by atoms with van der Waals surface area (Å²) in [6.45, 7) is 1.83. The van der Waals surface area contributed by atoms with Gasteiger partial charge >= 0.3 is 0 Å². The topological polar surface area (TPSA) is 82.8 Å². The average molecular weight is 163 g/mol. The lowest BCUT2D eigenvalue weighted by atomic mass is 9.96. The lowest BCUT2D eigenvalue weighted by Gasteiger charge is -2.18. The van der Waals surface area contributed by atoms with Crippen LogP contribution in [0, 0.1) is 22.7 Å². The second-order valence-electron chi connectivity index (χ2n) is 2.69.